The van der Waals surface area contributed by atoms with Crippen LogP contribution in [0.2, 0.25) is 5.02 Å². The van der Waals surface area contributed by atoms with Crippen molar-refractivity contribution in [3.8, 4) is 5.75 Å². The normalized spacial score (nSPS) is 19.5. The second-order valence-corrected chi connectivity index (χ2v) is 8.79. The maximum absolute atomic E-state index is 12.9. The van der Waals surface area contributed by atoms with E-state index in [1.165, 1.54) is 38.1 Å². The Balaban J connectivity index is 1.87. The van der Waals surface area contributed by atoms with Crippen LogP contribution in [-0.4, -0.2) is 35.0 Å². The predicted molar refractivity (Wildman–Crippen MR) is 106 cm³/mol. The first kappa shape index (κ1) is 19.3. The molecule has 0 aromatic heterocycles. The molecule has 0 unspecified atom stereocenters. The minimum Gasteiger partial charge on any atom is -0.496 e. The van der Waals surface area contributed by atoms with Crippen LogP contribution in [0.15, 0.2) is 40.4 Å². The number of halogens is 1. The van der Waals surface area contributed by atoms with Gasteiger partial charge in [0.15, 0.2) is 5.78 Å². The molecule has 1 aromatic rings. The summed E-state index contributed by atoms with van der Waals surface area (Å²) >= 11 is 7.50. The van der Waals surface area contributed by atoms with Gasteiger partial charge in [0, 0.05) is 28.7 Å². The van der Waals surface area contributed by atoms with E-state index in [1.54, 1.807) is 38.1 Å². The summed E-state index contributed by atoms with van der Waals surface area (Å²) in [5.74, 6) is 0.989. The van der Waals surface area contributed by atoms with Gasteiger partial charge in [0.25, 0.3) is 0 Å². The van der Waals surface area contributed by atoms with Crippen molar-refractivity contribution < 1.29 is 14.6 Å². The molecule has 0 saturated heterocycles. The SMILES string of the molecule is COc1ccc(Cl)cc1C(=O)/C=C1\SC(C(C)(C)O)=CN1CC1CCC1. The van der Waals surface area contributed by atoms with E-state index < -0.39 is 5.60 Å². The van der Waals surface area contributed by atoms with Crippen LogP contribution in [0.4, 0.5) is 0 Å². The van der Waals surface area contributed by atoms with E-state index in [-0.39, 0.29) is 5.78 Å². The zero-order chi connectivity index (χ0) is 18.9. The fraction of sp³-hybridized carbons (Fsp3) is 0.450. The fourth-order valence-electron chi connectivity index (χ4n) is 2.96. The Morgan fingerprint density at radius 2 is 2.19 bits per heavy atom. The lowest BCUT2D eigenvalue weighted by molar-refractivity contribution is 0.104. The number of thioether (sulfide) groups is 1. The van der Waals surface area contributed by atoms with Crippen molar-refractivity contribution in [1.29, 1.82) is 0 Å². The number of hydrogen-bond donors (Lipinski definition) is 1. The second-order valence-electron chi connectivity index (χ2n) is 7.30. The van der Waals surface area contributed by atoms with Gasteiger partial charge in [-0.2, -0.15) is 0 Å². The van der Waals surface area contributed by atoms with Crippen LogP contribution in [0.1, 0.15) is 43.5 Å². The second kappa shape index (κ2) is 7.67. The molecule has 1 aromatic carbocycles. The van der Waals surface area contributed by atoms with Crippen LogP contribution in [0.5, 0.6) is 5.75 Å². The van der Waals surface area contributed by atoms with Crippen LogP contribution in [-0.2, 0) is 0 Å². The van der Waals surface area contributed by atoms with Crippen molar-refractivity contribution in [2.75, 3.05) is 13.7 Å². The van der Waals surface area contributed by atoms with Gasteiger partial charge >= 0.3 is 0 Å². The topological polar surface area (TPSA) is 49.8 Å². The number of rotatable bonds is 6. The summed E-state index contributed by atoms with van der Waals surface area (Å²) in [6, 6.07) is 5.02. The highest BCUT2D eigenvalue weighted by molar-refractivity contribution is 8.07. The summed E-state index contributed by atoms with van der Waals surface area (Å²) in [7, 11) is 1.54. The third-order valence-corrected chi connectivity index (χ3v) is 6.36. The number of carbonyl (C=O) groups is 1. The number of carbonyl (C=O) groups excluding carboxylic acids is 1. The molecule has 1 N–H and O–H groups in total. The van der Waals surface area contributed by atoms with Crippen molar-refractivity contribution in [3.05, 3.63) is 51.0 Å². The van der Waals surface area contributed by atoms with Crippen molar-refractivity contribution in [2.45, 2.75) is 38.7 Å². The summed E-state index contributed by atoms with van der Waals surface area (Å²) < 4.78 is 5.30. The highest BCUT2D eigenvalue weighted by Gasteiger charge is 2.32. The summed E-state index contributed by atoms with van der Waals surface area (Å²) in [4.78, 5) is 15.8. The van der Waals surface area contributed by atoms with Crippen LogP contribution < -0.4 is 4.74 Å². The van der Waals surface area contributed by atoms with Crippen LogP contribution in [0.3, 0.4) is 0 Å². The monoisotopic (exact) mass is 393 g/mol. The lowest BCUT2D eigenvalue weighted by atomic mass is 9.85. The first-order chi connectivity index (χ1) is 12.3. The summed E-state index contributed by atoms with van der Waals surface area (Å²) in [5, 5.41) is 11.7. The molecule has 1 fully saturated rings. The van der Waals surface area contributed by atoms with Gasteiger partial charge in [-0.05, 0) is 50.8 Å². The molecule has 0 amide bonds. The van der Waals surface area contributed by atoms with Gasteiger partial charge in [-0.25, -0.2) is 0 Å². The molecule has 2 aliphatic rings. The van der Waals surface area contributed by atoms with Gasteiger partial charge in [0.2, 0.25) is 0 Å². The van der Waals surface area contributed by atoms with Gasteiger partial charge in [0.1, 0.15) is 5.75 Å². The zero-order valence-electron chi connectivity index (χ0n) is 15.3. The number of aliphatic hydroxyl groups is 1. The van der Waals surface area contributed by atoms with E-state index in [1.807, 2.05) is 6.20 Å². The molecule has 1 aliphatic heterocycles. The van der Waals surface area contributed by atoms with E-state index in [0.717, 1.165) is 16.5 Å². The number of ether oxygens (including phenoxy) is 1. The molecule has 1 heterocycles. The number of allylic oxidation sites excluding steroid dienone is 1. The number of nitrogens with zero attached hydrogens (tertiary/aromatic N) is 1. The molecule has 0 radical (unpaired) electrons. The van der Waals surface area contributed by atoms with Crippen molar-refractivity contribution >= 4 is 29.1 Å². The smallest absolute Gasteiger partial charge is 0.192 e. The lowest BCUT2D eigenvalue weighted by Gasteiger charge is -2.30. The molecule has 1 aliphatic carbocycles. The molecule has 0 bridgehead atoms. The molecule has 1 saturated carbocycles. The average molecular weight is 394 g/mol. The van der Waals surface area contributed by atoms with E-state index in [0.29, 0.717) is 22.3 Å². The highest BCUT2D eigenvalue weighted by atomic mass is 35.5. The quantitative estimate of drug-likeness (QED) is 0.553. The summed E-state index contributed by atoms with van der Waals surface area (Å²) in [5.41, 5.74) is -0.497. The molecule has 26 heavy (non-hydrogen) atoms. The van der Waals surface area contributed by atoms with Crippen molar-refractivity contribution in [2.24, 2.45) is 5.92 Å². The van der Waals surface area contributed by atoms with Gasteiger partial charge in [-0.15, -0.1) is 0 Å². The van der Waals surface area contributed by atoms with E-state index in [2.05, 4.69) is 4.90 Å². The Hall–Kier alpha value is -1.43. The Morgan fingerprint density at radius 1 is 1.46 bits per heavy atom. The standard InChI is InChI=1S/C20H24ClNO3S/c1-20(2,24)18-12-22(11-13-5-4-6-13)19(26-18)10-16(23)15-9-14(21)7-8-17(15)25-3/h7-10,12-13,24H,4-6,11H2,1-3H3/b19-10-. The summed E-state index contributed by atoms with van der Waals surface area (Å²) in [6.07, 6.45) is 7.29. The fourth-order valence-corrected chi connectivity index (χ4v) is 4.19. The summed E-state index contributed by atoms with van der Waals surface area (Å²) in [6.45, 7) is 4.40. The number of ketones is 1. The Kier molecular flexibility index (Phi) is 5.70. The Bertz CT molecular complexity index is 763. The highest BCUT2D eigenvalue weighted by Crippen LogP contribution is 2.43. The van der Waals surface area contributed by atoms with Gasteiger partial charge < -0.3 is 14.7 Å². The van der Waals surface area contributed by atoms with E-state index >= 15 is 0 Å². The third kappa shape index (κ3) is 4.27. The first-order valence-corrected chi connectivity index (χ1v) is 9.96. The Morgan fingerprint density at radius 3 is 2.77 bits per heavy atom. The zero-order valence-corrected chi connectivity index (χ0v) is 16.9. The lowest BCUT2D eigenvalue weighted by Crippen LogP contribution is -2.26. The van der Waals surface area contributed by atoms with Gasteiger partial charge in [-0.1, -0.05) is 29.8 Å². The maximum Gasteiger partial charge on any atom is 0.192 e. The van der Waals surface area contributed by atoms with Crippen LogP contribution in [0, 0.1) is 5.92 Å². The Labute approximate surface area is 163 Å². The van der Waals surface area contributed by atoms with Gasteiger partial charge in [-0.3, -0.25) is 4.79 Å². The van der Waals surface area contributed by atoms with Crippen LogP contribution in [0.25, 0.3) is 0 Å². The molecule has 6 heteroatoms. The first-order valence-electron chi connectivity index (χ1n) is 8.76. The molecule has 3 rings (SSSR count). The number of benzene rings is 1. The third-order valence-electron chi connectivity index (χ3n) is 4.73. The van der Waals surface area contributed by atoms with Gasteiger partial charge in [0.05, 0.1) is 23.3 Å². The molecule has 0 atom stereocenters. The molecule has 0 spiro atoms. The van der Waals surface area contributed by atoms with Crippen LogP contribution >= 0.6 is 23.4 Å². The molecule has 140 valence electrons. The minimum absolute atomic E-state index is 0.157. The predicted octanol–water partition coefficient (Wildman–Crippen LogP) is 4.83. The molecular weight excluding hydrogens is 370 g/mol. The van der Waals surface area contributed by atoms with Crippen molar-refractivity contribution in [1.82, 2.24) is 4.90 Å². The van der Waals surface area contributed by atoms with E-state index in [4.69, 9.17) is 16.3 Å². The minimum atomic E-state index is -0.936. The molecular formula is C20H24ClNO3S. The maximum atomic E-state index is 12.9. The average Bonchev–Trinajstić information content (AvgIpc) is 2.94. The molecule has 4 nitrogen and oxygen atoms in total. The number of hydrogen-bond acceptors (Lipinski definition) is 5. The number of methoxy groups -OCH3 is 1. The van der Waals surface area contributed by atoms with E-state index in [9.17, 15) is 9.90 Å². The van der Waals surface area contributed by atoms with Crippen molar-refractivity contribution in [3.63, 3.8) is 0 Å². The largest absolute Gasteiger partial charge is 0.496 e.